The number of hydrogen-bond donors (Lipinski definition) is 2. The molecule has 2 aromatic carbocycles. The Morgan fingerprint density at radius 1 is 1.14 bits per heavy atom. The molecule has 0 saturated carbocycles. The molecule has 112 valence electrons. The number of nitro benzene ring substituents is 1. The number of amides is 1. The predicted molar refractivity (Wildman–Crippen MR) is 83.2 cm³/mol. The molecule has 0 fully saturated rings. The molecule has 2 N–H and O–H groups in total. The molecule has 0 aliphatic heterocycles. The molecule has 0 aliphatic carbocycles. The Kier molecular flexibility index (Phi) is 4.74. The van der Waals surface area contributed by atoms with E-state index in [1.807, 2.05) is 0 Å². The second-order valence-electron chi connectivity index (χ2n) is 4.16. The lowest BCUT2D eigenvalue weighted by atomic mass is 10.2. The molecule has 8 heteroatoms. The quantitative estimate of drug-likeness (QED) is 0.516. The first-order chi connectivity index (χ1) is 10.5. The third-order valence-electron chi connectivity index (χ3n) is 2.69. The summed E-state index contributed by atoms with van der Waals surface area (Å²) in [5.41, 5.74) is -0.231. The average molecular weight is 319 g/mol. The second kappa shape index (κ2) is 6.72. The molecule has 0 spiro atoms. The Hall–Kier alpha value is -2.87. The van der Waals surface area contributed by atoms with Crippen molar-refractivity contribution in [3.63, 3.8) is 0 Å². The summed E-state index contributed by atoms with van der Waals surface area (Å²) in [6.07, 6.45) is 0. The second-order valence-corrected chi connectivity index (χ2v) is 4.57. The zero-order chi connectivity index (χ0) is 16.1. The summed E-state index contributed by atoms with van der Waals surface area (Å²) in [7, 11) is 0. The third kappa shape index (κ3) is 3.61. The number of anilines is 1. The summed E-state index contributed by atoms with van der Waals surface area (Å²) in [5.74, 6) is -1.43. The van der Waals surface area contributed by atoms with E-state index in [2.05, 4.69) is 10.6 Å². The lowest BCUT2D eigenvalue weighted by Crippen LogP contribution is -2.34. The van der Waals surface area contributed by atoms with Gasteiger partial charge in [0.2, 0.25) is 0 Å². The van der Waals surface area contributed by atoms with Gasteiger partial charge >= 0.3 is 0 Å². The maximum atomic E-state index is 13.5. The van der Waals surface area contributed by atoms with Gasteiger partial charge in [0.1, 0.15) is 11.5 Å². The molecule has 0 bridgehead atoms. The summed E-state index contributed by atoms with van der Waals surface area (Å²) in [4.78, 5) is 22.2. The van der Waals surface area contributed by atoms with Crippen LogP contribution in [0.3, 0.4) is 0 Å². The standard InChI is InChI=1S/C14H10FN3O3S/c15-10-6-2-1-5-9(10)13(19)17-14(22)16-11-7-3-4-8-12(11)18(20)21/h1-8H,(H2,16,17,19,22). The topological polar surface area (TPSA) is 84.3 Å². The van der Waals surface area contributed by atoms with Crippen molar-refractivity contribution < 1.29 is 14.1 Å². The Balaban J connectivity index is 2.10. The number of rotatable bonds is 3. The van der Waals surface area contributed by atoms with Crippen molar-refractivity contribution >= 4 is 34.6 Å². The Bertz CT molecular complexity index is 752. The molecule has 0 saturated heterocycles. The maximum absolute atomic E-state index is 13.5. The highest BCUT2D eigenvalue weighted by Gasteiger charge is 2.16. The minimum atomic E-state index is -0.741. The number of nitro groups is 1. The zero-order valence-corrected chi connectivity index (χ0v) is 11.9. The first-order valence-electron chi connectivity index (χ1n) is 6.09. The van der Waals surface area contributed by atoms with Crippen LogP contribution in [0.5, 0.6) is 0 Å². The van der Waals surface area contributed by atoms with E-state index in [0.29, 0.717) is 0 Å². The van der Waals surface area contributed by atoms with Crippen LogP contribution in [0.4, 0.5) is 15.8 Å². The Labute approximate surface area is 130 Å². The van der Waals surface area contributed by atoms with Crippen molar-refractivity contribution in [2.24, 2.45) is 0 Å². The maximum Gasteiger partial charge on any atom is 0.292 e. The number of halogens is 1. The highest BCUT2D eigenvalue weighted by Crippen LogP contribution is 2.22. The minimum absolute atomic E-state index is 0.131. The minimum Gasteiger partial charge on any atom is -0.327 e. The molecule has 0 aromatic heterocycles. The largest absolute Gasteiger partial charge is 0.327 e. The predicted octanol–water partition coefficient (Wildman–Crippen LogP) is 2.86. The SMILES string of the molecule is O=C(NC(=S)Nc1ccccc1[N+](=O)[O-])c1ccccc1F. The van der Waals surface area contributed by atoms with E-state index >= 15 is 0 Å². The lowest BCUT2D eigenvalue weighted by Gasteiger charge is -2.10. The van der Waals surface area contributed by atoms with Gasteiger partial charge in [-0.1, -0.05) is 24.3 Å². The monoisotopic (exact) mass is 319 g/mol. The number of para-hydroxylation sites is 2. The van der Waals surface area contributed by atoms with Gasteiger partial charge in [0, 0.05) is 6.07 Å². The van der Waals surface area contributed by atoms with Crippen LogP contribution in [0.1, 0.15) is 10.4 Å². The van der Waals surface area contributed by atoms with E-state index in [1.165, 1.54) is 36.4 Å². The van der Waals surface area contributed by atoms with Crippen LogP contribution in [-0.4, -0.2) is 15.9 Å². The van der Waals surface area contributed by atoms with E-state index in [9.17, 15) is 19.3 Å². The molecule has 22 heavy (non-hydrogen) atoms. The van der Waals surface area contributed by atoms with E-state index in [-0.39, 0.29) is 22.1 Å². The smallest absolute Gasteiger partial charge is 0.292 e. The van der Waals surface area contributed by atoms with Gasteiger partial charge in [-0.3, -0.25) is 20.2 Å². The summed E-state index contributed by atoms with van der Waals surface area (Å²) in [5, 5.41) is 15.5. The number of thiocarbonyl (C=S) groups is 1. The number of carbonyl (C=O) groups excluding carboxylic acids is 1. The molecule has 1 amide bonds. The number of nitrogens with one attached hydrogen (secondary N) is 2. The number of nitrogens with zero attached hydrogens (tertiary/aromatic N) is 1. The van der Waals surface area contributed by atoms with E-state index in [1.54, 1.807) is 6.07 Å². The van der Waals surface area contributed by atoms with Crippen molar-refractivity contribution in [1.29, 1.82) is 0 Å². The van der Waals surface area contributed by atoms with Gasteiger partial charge in [0.15, 0.2) is 5.11 Å². The van der Waals surface area contributed by atoms with Gasteiger partial charge in [-0.25, -0.2) is 4.39 Å². The van der Waals surface area contributed by atoms with E-state index in [0.717, 1.165) is 6.07 Å². The van der Waals surface area contributed by atoms with Crippen LogP contribution in [0, 0.1) is 15.9 Å². The first-order valence-corrected chi connectivity index (χ1v) is 6.50. The average Bonchev–Trinajstić information content (AvgIpc) is 2.47. The van der Waals surface area contributed by atoms with Crippen molar-refractivity contribution in [3.05, 3.63) is 70.0 Å². The fraction of sp³-hybridized carbons (Fsp3) is 0. The summed E-state index contributed by atoms with van der Waals surface area (Å²) < 4.78 is 13.5. The van der Waals surface area contributed by atoms with Gasteiger partial charge in [-0.05, 0) is 30.4 Å². The molecule has 0 unspecified atom stereocenters. The molecule has 0 atom stereocenters. The summed E-state index contributed by atoms with van der Waals surface area (Å²) in [6, 6.07) is 11.2. The van der Waals surface area contributed by atoms with E-state index in [4.69, 9.17) is 12.2 Å². The Morgan fingerprint density at radius 3 is 2.45 bits per heavy atom. The van der Waals surface area contributed by atoms with Crippen molar-refractivity contribution in [1.82, 2.24) is 5.32 Å². The van der Waals surface area contributed by atoms with Crippen molar-refractivity contribution in [2.45, 2.75) is 0 Å². The van der Waals surface area contributed by atoms with Gasteiger partial charge in [0.25, 0.3) is 11.6 Å². The van der Waals surface area contributed by atoms with Crippen molar-refractivity contribution in [2.75, 3.05) is 5.32 Å². The molecule has 6 nitrogen and oxygen atoms in total. The molecule has 0 heterocycles. The van der Waals surface area contributed by atoms with Crippen LogP contribution >= 0.6 is 12.2 Å². The van der Waals surface area contributed by atoms with E-state index < -0.39 is 16.6 Å². The van der Waals surface area contributed by atoms with Gasteiger partial charge in [-0.2, -0.15) is 0 Å². The van der Waals surface area contributed by atoms with Crippen LogP contribution in [0.2, 0.25) is 0 Å². The van der Waals surface area contributed by atoms with Crippen LogP contribution in [0.15, 0.2) is 48.5 Å². The molecule has 2 rings (SSSR count). The normalized spacial score (nSPS) is 9.86. The van der Waals surface area contributed by atoms with Gasteiger partial charge < -0.3 is 5.32 Å². The highest BCUT2D eigenvalue weighted by molar-refractivity contribution is 7.80. The third-order valence-corrected chi connectivity index (χ3v) is 2.90. The Morgan fingerprint density at radius 2 is 1.77 bits per heavy atom. The van der Waals surface area contributed by atoms with Crippen LogP contribution in [-0.2, 0) is 0 Å². The number of carbonyl (C=O) groups is 1. The fourth-order valence-corrected chi connectivity index (χ4v) is 1.91. The molecule has 2 aromatic rings. The first kappa shape index (κ1) is 15.5. The summed E-state index contributed by atoms with van der Waals surface area (Å²) >= 11 is 4.91. The summed E-state index contributed by atoms with van der Waals surface area (Å²) in [6.45, 7) is 0. The van der Waals surface area contributed by atoms with Crippen molar-refractivity contribution in [3.8, 4) is 0 Å². The molecular weight excluding hydrogens is 309 g/mol. The van der Waals surface area contributed by atoms with Crippen LogP contribution < -0.4 is 10.6 Å². The van der Waals surface area contributed by atoms with Gasteiger partial charge in [-0.15, -0.1) is 0 Å². The fourth-order valence-electron chi connectivity index (χ4n) is 1.71. The zero-order valence-electron chi connectivity index (χ0n) is 11.1. The molecular formula is C14H10FN3O3S. The number of benzene rings is 2. The van der Waals surface area contributed by atoms with Crippen LogP contribution in [0.25, 0.3) is 0 Å². The highest BCUT2D eigenvalue weighted by atomic mass is 32.1. The lowest BCUT2D eigenvalue weighted by molar-refractivity contribution is -0.383. The number of hydrogen-bond acceptors (Lipinski definition) is 4. The molecule has 0 aliphatic rings. The molecule has 0 radical (unpaired) electrons. The van der Waals surface area contributed by atoms with Gasteiger partial charge in [0.05, 0.1) is 10.5 Å².